The van der Waals surface area contributed by atoms with Crippen LogP contribution < -0.4 is 5.32 Å². The van der Waals surface area contributed by atoms with Crippen molar-refractivity contribution in [3.05, 3.63) is 23.3 Å². The van der Waals surface area contributed by atoms with E-state index in [-0.39, 0.29) is 0 Å². The predicted octanol–water partition coefficient (Wildman–Crippen LogP) is 0.959. The van der Waals surface area contributed by atoms with Crippen molar-refractivity contribution < 1.29 is 0 Å². The summed E-state index contributed by atoms with van der Waals surface area (Å²) < 4.78 is 0. The van der Waals surface area contributed by atoms with Gasteiger partial charge >= 0.3 is 0 Å². The van der Waals surface area contributed by atoms with E-state index in [1.165, 1.54) is 17.7 Å². The van der Waals surface area contributed by atoms with E-state index in [4.69, 9.17) is 0 Å². The first kappa shape index (κ1) is 7.44. The Hall–Kier alpha value is -0.960. The summed E-state index contributed by atoms with van der Waals surface area (Å²) >= 11 is 0. The summed E-state index contributed by atoms with van der Waals surface area (Å²) in [5.41, 5.74) is 2.70. The molecule has 3 nitrogen and oxygen atoms in total. The van der Waals surface area contributed by atoms with Crippen LogP contribution in [0.25, 0.3) is 0 Å². The molecule has 1 N–H and O–H groups in total. The molecule has 1 aliphatic carbocycles. The van der Waals surface area contributed by atoms with Gasteiger partial charge in [0.05, 0.1) is 5.69 Å². The summed E-state index contributed by atoms with van der Waals surface area (Å²) in [6, 6.07) is 0. The molecule has 0 amide bonds. The van der Waals surface area contributed by atoms with Crippen molar-refractivity contribution in [2.45, 2.75) is 25.2 Å². The van der Waals surface area contributed by atoms with Gasteiger partial charge in [-0.05, 0) is 18.9 Å². The number of nitrogens with one attached hydrogen (secondary N) is 1. The smallest absolute Gasteiger partial charge is 0.125 e. The summed E-state index contributed by atoms with van der Waals surface area (Å²) in [5, 5.41) is 3.45. The van der Waals surface area contributed by atoms with Crippen molar-refractivity contribution in [1.82, 2.24) is 15.3 Å². The highest BCUT2D eigenvalue weighted by Crippen LogP contribution is 2.41. The Morgan fingerprint density at radius 1 is 1.38 bits per heavy atom. The lowest BCUT2D eigenvalue weighted by molar-refractivity contribution is 0.451. The fourth-order valence-electron chi connectivity index (χ4n) is 2.53. The first-order valence-electron chi connectivity index (χ1n) is 4.89. The zero-order valence-corrected chi connectivity index (χ0v) is 7.75. The van der Waals surface area contributed by atoms with Crippen molar-refractivity contribution in [3.63, 3.8) is 0 Å². The standard InChI is InChI=1S/C10H13N3/c1-6-12-5-9-7-2-8(4-11-3-7)10(9)13-6/h5,7-8,11H,2-4H2,1H3/t7-,8?/m1/s1. The lowest BCUT2D eigenvalue weighted by Crippen LogP contribution is -2.28. The highest BCUT2D eigenvalue weighted by Gasteiger charge is 2.35. The molecule has 3 rings (SSSR count). The molecule has 1 unspecified atom stereocenters. The highest BCUT2D eigenvalue weighted by atomic mass is 14.9. The molecule has 1 aromatic rings. The maximum atomic E-state index is 4.55. The third-order valence-electron chi connectivity index (χ3n) is 3.15. The van der Waals surface area contributed by atoms with Crippen LogP contribution >= 0.6 is 0 Å². The summed E-state index contributed by atoms with van der Waals surface area (Å²) in [6.07, 6.45) is 3.30. The van der Waals surface area contributed by atoms with Crippen LogP contribution in [0.1, 0.15) is 35.3 Å². The molecule has 0 saturated carbocycles. The van der Waals surface area contributed by atoms with Crippen LogP contribution in [-0.4, -0.2) is 23.1 Å². The highest BCUT2D eigenvalue weighted by molar-refractivity contribution is 5.33. The van der Waals surface area contributed by atoms with Gasteiger partial charge < -0.3 is 5.32 Å². The lowest BCUT2D eigenvalue weighted by Gasteiger charge is -2.19. The number of fused-ring (bicyclic) bond motifs is 5. The minimum atomic E-state index is 0.649. The minimum Gasteiger partial charge on any atom is -0.315 e. The number of hydrogen-bond donors (Lipinski definition) is 1. The van der Waals surface area contributed by atoms with Crippen LogP contribution in [0.5, 0.6) is 0 Å². The van der Waals surface area contributed by atoms with Crippen LogP contribution in [-0.2, 0) is 0 Å². The summed E-state index contributed by atoms with van der Waals surface area (Å²) in [4.78, 5) is 8.82. The van der Waals surface area contributed by atoms with Crippen molar-refractivity contribution in [1.29, 1.82) is 0 Å². The molecule has 1 fully saturated rings. The summed E-state index contributed by atoms with van der Waals surface area (Å²) in [5.74, 6) is 2.23. The molecule has 2 heterocycles. The molecule has 1 saturated heterocycles. The van der Waals surface area contributed by atoms with E-state index in [1.54, 1.807) is 0 Å². The number of aromatic nitrogens is 2. The molecule has 2 aliphatic rings. The molecule has 1 aromatic heterocycles. The quantitative estimate of drug-likeness (QED) is 0.638. The van der Waals surface area contributed by atoms with E-state index in [1.807, 2.05) is 13.1 Å². The second-order valence-electron chi connectivity index (χ2n) is 4.05. The van der Waals surface area contributed by atoms with Gasteiger partial charge in [-0.3, -0.25) is 0 Å². The summed E-state index contributed by atoms with van der Waals surface area (Å²) in [6.45, 7) is 4.17. The molecule has 0 radical (unpaired) electrons. The number of rotatable bonds is 0. The number of piperidine rings is 1. The van der Waals surface area contributed by atoms with Crippen LogP contribution in [0.2, 0.25) is 0 Å². The molecule has 3 heteroatoms. The van der Waals surface area contributed by atoms with Gasteiger partial charge in [-0.15, -0.1) is 0 Å². The van der Waals surface area contributed by atoms with Gasteiger partial charge in [-0.25, -0.2) is 9.97 Å². The van der Waals surface area contributed by atoms with E-state index < -0.39 is 0 Å². The zero-order valence-electron chi connectivity index (χ0n) is 7.75. The van der Waals surface area contributed by atoms with Crippen LogP contribution in [0.3, 0.4) is 0 Å². The number of aryl methyl sites for hydroxylation is 1. The van der Waals surface area contributed by atoms with Crippen molar-refractivity contribution in [2.75, 3.05) is 13.1 Å². The Bertz CT molecular complexity index is 348. The molecule has 1 aliphatic heterocycles. The van der Waals surface area contributed by atoms with E-state index in [2.05, 4.69) is 15.3 Å². The van der Waals surface area contributed by atoms with E-state index in [0.29, 0.717) is 11.8 Å². The zero-order chi connectivity index (χ0) is 8.84. The third-order valence-corrected chi connectivity index (χ3v) is 3.15. The van der Waals surface area contributed by atoms with Crippen molar-refractivity contribution in [3.8, 4) is 0 Å². The maximum absolute atomic E-state index is 4.55. The van der Waals surface area contributed by atoms with Crippen molar-refractivity contribution in [2.24, 2.45) is 0 Å². The molecular formula is C10H13N3. The Morgan fingerprint density at radius 3 is 3.15 bits per heavy atom. The SMILES string of the molecule is Cc1ncc2c(n1)C1CNC[C@H]2C1. The van der Waals surface area contributed by atoms with Gasteiger partial charge in [-0.2, -0.15) is 0 Å². The van der Waals surface area contributed by atoms with Crippen molar-refractivity contribution >= 4 is 0 Å². The largest absolute Gasteiger partial charge is 0.315 e. The predicted molar refractivity (Wildman–Crippen MR) is 49.7 cm³/mol. The molecule has 0 spiro atoms. The molecule has 0 aromatic carbocycles. The monoisotopic (exact) mass is 175 g/mol. The number of hydrogen-bond acceptors (Lipinski definition) is 3. The van der Waals surface area contributed by atoms with Gasteiger partial charge in [0.25, 0.3) is 0 Å². The fourth-order valence-corrected chi connectivity index (χ4v) is 2.53. The first-order valence-corrected chi connectivity index (χ1v) is 4.89. The van der Waals surface area contributed by atoms with E-state index in [9.17, 15) is 0 Å². The summed E-state index contributed by atoms with van der Waals surface area (Å²) in [7, 11) is 0. The molecule has 2 atom stereocenters. The average molecular weight is 175 g/mol. The minimum absolute atomic E-state index is 0.649. The van der Waals surface area contributed by atoms with Gasteiger partial charge in [0, 0.05) is 31.1 Å². The van der Waals surface area contributed by atoms with E-state index >= 15 is 0 Å². The van der Waals surface area contributed by atoms with Crippen LogP contribution in [0.15, 0.2) is 6.20 Å². The Balaban J connectivity index is 2.15. The Morgan fingerprint density at radius 2 is 2.23 bits per heavy atom. The maximum Gasteiger partial charge on any atom is 0.125 e. The number of nitrogens with zero attached hydrogens (tertiary/aromatic N) is 2. The fraction of sp³-hybridized carbons (Fsp3) is 0.600. The van der Waals surface area contributed by atoms with Gasteiger partial charge in [0.2, 0.25) is 0 Å². The second-order valence-corrected chi connectivity index (χ2v) is 4.05. The molecule has 68 valence electrons. The topological polar surface area (TPSA) is 37.8 Å². The lowest BCUT2D eigenvalue weighted by atomic mass is 9.98. The molecular weight excluding hydrogens is 162 g/mol. The Labute approximate surface area is 77.6 Å². The normalized spacial score (nSPS) is 30.2. The molecule has 13 heavy (non-hydrogen) atoms. The first-order chi connectivity index (χ1) is 6.34. The average Bonchev–Trinajstić information content (AvgIpc) is 2.39. The Kier molecular flexibility index (Phi) is 1.44. The van der Waals surface area contributed by atoms with Crippen LogP contribution in [0.4, 0.5) is 0 Å². The van der Waals surface area contributed by atoms with Crippen LogP contribution in [0, 0.1) is 6.92 Å². The second kappa shape index (κ2) is 2.51. The van der Waals surface area contributed by atoms with Gasteiger partial charge in [-0.1, -0.05) is 0 Å². The van der Waals surface area contributed by atoms with Gasteiger partial charge in [0.15, 0.2) is 0 Å². The van der Waals surface area contributed by atoms with E-state index in [0.717, 1.165) is 18.9 Å². The molecule has 2 bridgehead atoms. The third kappa shape index (κ3) is 1.000. The van der Waals surface area contributed by atoms with Gasteiger partial charge in [0.1, 0.15) is 5.82 Å².